The second kappa shape index (κ2) is 7.69. The number of sulfone groups is 2. The first-order chi connectivity index (χ1) is 12.7. The van der Waals surface area contributed by atoms with Gasteiger partial charge in [-0.2, -0.15) is 0 Å². The van der Waals surface area contributed by atoms with E-state index in [2.05, 4.69) is 5.32 Å². The Morgan fingerprint density at radius 3 is 2.30 bits per heavy atom. The molecule has 1 fully saturated rings. The van der Waals surface area contributed by atoms with Crippen molar-refractivity contribution in [2.75, 3.05) is 18.1 Å². The van der Waals surface area contributed by atoms with Crippen LogP contribution in [0.15, 0.2) is 53.4 Å². The fourth-order valence-corrected chi connectivity index (χ4v) is 7.98. The number of rotatable bonds is 6. The smallest absolute Gasteiger partial charge is 0.183 e. The van der Waals surface area contributed by atoms with Crippen LogP contribution in [0.25, 0.3) is 0 Å². The summed E-state index contributed by atoms with van der Waals surface area (Å²) in [5.74, 6) is -0.901. The van der Waals surface area contributed by atoms with Crippen molar-refractivity contribution >= 4 is 19.7 Å². The van der Waals surface area contributed by atoms with Crippen molar-refractivity contribution in [2.45, 2.75) is 29.5 Å². The molecule has 146 valence electrons. The van der Waals surface area contributed by atoms with Crippen molar-refractivity contribution in [3.63, 3.8) is 0 Å². The van der Waals surface area contributed by atoms with Crippen molar-refractivity contribution in [3.8, 4) is 0 Å². The Hall–Kier alpha value is -1.77. The highest BCUT2D eigenvalue weighted by Gasteiger charge is 2.45. The maximum absolute atomic E-state index is 13.0. The van der Waals surface area contributed by atoms with Gasteiger partial charge in [0.05, 0.1) is 21.7 Å². The van der Waals surface area contributed by atoms with Crippen LogP contribution in [0.1, 0.15) is 11.1 Å². The summed E-state index contributed by atoms with van der Waals surface area (Å²) in [6, 6.07) is 11.8. The molecule has 2 aromatic rings. The molecule has 8 heteroatoms. The van der Waals surface area contributed by atoms with E-state index in [1.807, 2.05) is 6.92 Å². The van der Waals surface area contributed by atoms with Gasteiger partial charge >= 0.3 is 0 Å². The maximum atomic E-state index is 13.0. The molecular weight excluding hydrogens is 389 g/mol. The number of hydrogen-bond acceptors (Lipinski definition) is 5. The van der Waals surface area contributed by atoms with Gasteiger partial charge < -0.3 is 5.32 Å². The third kappa shape index (κ3) is 4.75. The van der Waals surface area contributed by atoms with E-state index < -0.39 is 31.0 Å². The predicted octanol–water partition coefficient (Wildman–Crippen LogP) is 1.91. The molecule has 0 saturated carbocycles. The van der Waals surface area contributed by atoms with Crippen LogP contribution in [0.2, 0.25) is 0 Å². The van der Waals surface area contributed by atoms with Crippen LogP contribution in [-0.4, -0.2) is 46.2 Å². The lowest BCUT2D eigenvalue weighted by Crippen LogP contribution is -2.44. The monoisotopic (exact) mass is 411 g/mol. The Labute approximate surface area is 159 Å². The van der Waals surface area contributed by atoms with E-state index in [0.29, 0.717) is 13.0 Å². The lowest BCUT2D eigenvalue weighted by molar-refractivity contribution is 0.528. The molecule has 2 unspecified atom stereocenters. The Balaban J connectivity index is 1.74. The molecule has 0 bridgehead atoms. The summed E-state index contributed by atoms with van der Waals surface area (Å²) in [6.45, 7) is 2.27. The average Bonchev–Trinajstić information content (AvgIpc) is 2.92. The molecule has 0 radical (unpaired) electrons. The topological polar surface area (TPSA) is 80.3 Å². The first-order valence-electron chi connectivity index (χ1n) is 8.66. The van der Waals surface area contributed by atoms with Crippen LogP contribution < -0.4 is 5.32 Å². The molecule has 1 N–H and O–H groups in total. The Morgan fingerprint density at radius 2 is 1.67 bits per heavy atom. The molecule has 1 aliphatic rings. The van der Waals surface area contributed by atoms with Gasteiger partial charge in [0, 0.05) is 6.04 Å². The first-order valence-corrected chi connectivity index (χ1v) is 12.0. The van der Waals surface area contributed by atoms with E-state index in [4.69, 9.17) is 0 Å². The van der Waals surface area contributed by atoms with E-state index in [1.54, 1.807) is 24.3 Å². The molecule has 5 nitrogen and oxygen atoms in total. The van der Waals surface area contributed by atoms with E-state index in [0.717, 1.165) is 11.1 Å². The lowest BCUT2D eigenvalue weighted by atomic mass is 10.1. The van der Waals surface area contributed by atoms with Gasteiger partial charge in [0.15, 0.2) is 19.7 Å². The second-order valence-corrected chi connectivity index (χ2v) is 11.2. The molecule has 0 aliphatic carbocycles. The van der Waals surface area contributed by atoms with Gasteiger partial charge in [-0.3, -0.25) is 0 Å². The fourth-order valence-electron chi connectivity index (χ4n) is 3.27. The molecule has 3 rings (SSSR count). The zero-order chi connectivity index (χ0) is 19.7. The normalized spacial score (nSPS) is 22.0. The molecule has 27 heavy (non-hydrogen) atoms. The quantitative estimate of drug-likeness (QED) is 0.785. The van der Waals surface area contributed by atoms with E-state index in [1.165, 1.54) is 24.3 Å². The van der Waals surface area contributed by atoms with E-state index in [-0.39, 0.29) is 22.2 Å². The Bertz CT molecular complexity index is 1000. The molecule has 1 heterocycles. The number of nitrogens with one attached hydrogen (secondary N) is 1. The largest absolute Gasteiger partial charge is 0.311 e. The van der Waals surface area contributed by atoms with Crippen molar-refractivity contribution < 1.29 is 21.2 Å². The highest BCUT2D eigenvalue weighted by molar-refractivity contribution is 7.96. The third-order valence-electron chi connectivity index (χ3n) is 4.78. The third-order valence-corrected chi connectivity index (χ3v) is 8.95. The summed E-state index contributed by atoms with van der Waals surface area (Å²) in [7, 11) is -7.20. The molecule has 0 spiro atoms. The molecule has 0 amide bonds. The highest BCUT2D eigenvalue weighted by atomic mass is 32.2. The van der Waals surface area contributed by atoms with E-state index >= 15 is 0 Å². The van der Waals surface area contributed by atoms with Crippen LogP contribution >= 0.6 is 0 Å². The minimum atomic E-state index is -3.77. The zero-order valence-electron chi connectivity index (χ0n) is 14.9. The van der Waals surface area contributed by atoms with Gasteiger partial charge in [0.2, 0.25) is 0 Å². The van der Waals surface area contributed by atoms with Gasteiger partial charge in [-0.15, -0.1) is 0 Å². The Morgan fingerprint density at radius 1 is 1.04 bits per heavy atom. The minimum absolute atomic E-state index is 0.139. The second-order valence-electron chi connectivity index (χ2n) is 6.91. The molecular formula is C19H22FNO4S2. The predicted molar refractivity (Wildman–Crippen MR) is 103 cm³/mol. The summed E-state index contributed by atoms with van der Waals surface area (Å²) in [5, 5.41) is 2.07. The number of aryl methyl sites for hydroxylation is 1. The Kier molecular flexibility index (Phi) is 5.69. The molecule has 1 aliphatic heterocycles. The average molecular weight is 412 g/mol. The van der Waals surface area contributed by atoms with Gasteiger partial charge in [0.1, 0.15) is 5.82 Å². The number of hydrogen-bond donors (Lipinski definition) is 1. The fraction of sp³-hybridized carbons (Fsp3) is 0.368. The standard InChI is InChI=1S/C19H22FNO4S2/c1-14-2-8-17(9-3-14)27(24,25)19-13-26(22,23)12-18(19)21-11-10-15-4-6-16(20)7-5-15/h2-9,18-19,21H,10-13H2,1H3. The van der Waals surface area contributed by atoms with Crippen LogP contribution in [0.3, 0.4) is 0 Å². The van der Waals surface area contributed by atoms with Crippen LogP contribution in [-0.2, 0) is 26.1 Å². The maximum Gasteiger partial charge on any atom is 0.183 e. The van der Waals surface area contributed by atoms with Crippen molar-refractivity contribution in [3.05, 3.63) is 65.5 Å². The summed E-state index contributed by atoms with van der Waals surface area (Å²) in [5.41, 5.74) is 1.82. The summed E-state index contributed by atoms with van der Waals surface area (Å²) in [6.07, 6.45) is 0.550. The minimum Gasteiger partial charge on any atom is -0.311 e. The summed E-state index contributed by atoms with van der Waals surface area (Å²) < 4.78 is 63.1. The van der Waals surface area contributed by atoms with Crippen LogP contribution in [0, 0.1) is 12.7 Å². The molecule has 0 aromatic heterocycles. The SMILES string of the molecule is Cc1ccc(S(=O)(=O)C2CS(=O)(=O)CC2NCCc2ccc(F)cc2)cc1. The van der Waals surface area contributed by atoms with Crippen molar-refractivity contribution in [2.24, 2.45) is 0 Å². The highest BCUT2D eigenvalue weighted by Crippen LogP contribution is 2.26. The number of halogens is 1. The van der Waals surface area contributed by atoms with Crippen molar-refractivity contribution in [1.29, 1.82) is 0 Å². The van der Waals surface area contributed by atoms with Gasteiger partial charge in [-0.1, -0.05) is 29.8 Å². The van der Waals surface area contributed by atoms with E-state index in [9.17, 15) is 21.2 Å². The van der Waals surface area contributed by atoms with Crippen LogP contribution in [0.5, 0.6) is 0 Å². The lowest BCUT2D eigenvalue weighted by Gasteiger charge is -2.20. The van der Waals surface area contributed by atoms with Gasteiger partial charge in [-0.25, -0.2) is 21.2 Å². The van der Waals surface area contributed by atoms with Crippen molar-refractivity contribution in [1.82, 2.24) is 5.32 Å². The molecule has 2 atom stereocenters. The summed E-state index contributed by atoms with van der Waals surface area (Å²) >= 11 is 0. The van der Waals surface area contributed by atoms with Gasteiger partial charge in [-0.05, 0) is 49.7 Å². The first kappa shape index (κ1) is 20.0. The molecule has 2 aromatic carbocycles. The zero-order valence-corrected chi connectivity index (χ0v) is 16.6. The number of benzene rings is 2. The van der Waals surface area contributed by atoms with Gasteiger partial charge in [0.25, 0.3) is 0 Å². The van der Waals surface area contributed by atoms with Crippen LogP contribution in [0.4, 0.5) is 4.39 Å². The molecule has 1 saturated heterocycles. The summed E-state index contributed by atoms with van der Waals surface area (Å²) in [4.78, 5) is 0.139.